The molecule has 0 amide bonds. The Morgan fingerprint density at radius 1 is 0.309 bits per heavy atom. The van der Waals surface area contributed by atoms with Gasteiger partial charge in [-0.2, -0.15) is 0 Å². The van der Waals surface area contributed by atoms with Crippen molar-refractivity contribution in [3.63, 3.8) is 0 Å². The van der Waals surface area contributed by atoms with Crippen molar-refractivity contribution in [1.82, 2.24) is 15.0 Å². The Kier molecular flexibility index (Phi) is 7.14. The van der Waals surface area contributed by atoms with Crippen molar-refractivity contribution in [3.05, 3.63) is 188 Å². The Morgan fingerprint density at radius 2 is 0.891 bits per heavy atom. The number of hydrogen-bond donors (Lipinski definition) is 0. The van der Waals surface area contributed by atoms with Crippen LogP contribution < -0.4 is 0 Å². The van der Waals surface area contributed by atoms with Gasteiger partial charge in [0.25, 0.3) is 0 Å². The van der Waals surface area contributed by atoms with Crippen LogP contribution in [0.3, 0.4) is 0 Å². The number of fused-ring (bicyclic) bond motifs is 6. The molecule has 4 nitrogen and oxygen atoms in total. The second kappa shape index (κ2) is 12.6. The van der Waals surface area contributed by atoms with Gasteiger partial charge in [0.2, 0.25) is 0 Å². The van der Waals surface area contributed by atoms with Crippen LogP contribution in [0.15, 0.2) is 192 Å². The van der Waals surface area contributed by atoms with Crippen molar-refractivity contribution in [2.45, 2.75) is 0 Å². The fourth-order valence-corrected chi connectivity index (χ4v) is 8.16. The summed E-state index contributed by atoms with van der Waals surface area (Å²) in [6.07, 6.45) is 0. The van der Waals surface area contributed by atoms with E-state index >= 15 is 0 Å². The molecule has 11 aromatic rings. The van der Waals surface area contributed by atoms with E-state index in [0.717, 1.165) is 49.8 Å². The van der Waals surface area contributed by atoms with Crippen LogP contribution in [0.4, 0.5) is 0 Å². The number of hydrogen-bond acceptors (Lipinski definition) is 4. The Hall–Kier alpha value is -7.43. The number of aromatic nitrogens is 3. The first-order valence-corrected chi connectivity index (χ1v) is 18.5. The maximum atomic E-state index is 6.37. The van der Waals surface area contributed by atoms with Gasteiger partial charge in [0.1, 0.15) is 11.3 Å². The van der Waals surface area contributed by atoms with E-state index in [0.29, 0.717) is 17.5 Å². The van der Waals surface area contributed by atoms with E-state index in [4.69, 9.17) is 19.4 Å². The van der Waals surface area contributed by atoms with E-state index in [1.807, 2.05) is 60.7 Å². The third kappa shape index (κ3) is 5.19. The molecule has 0 saturated carbocycles. The van der Waals surface area contributed by atoms with Gasteiger partial charge in [0, 0.05) is 27.6 Å². The fourth-order valence-electron chi connectivity index (χ4n) is 8.16. The summed E-state index contributed by atoms with van der Waals surface area (Å²) in [7, 11) is 0. The molecule has 0 saturated heterocycles. The highest BCUT2D eigenvalue weighted by Crippen LogP contribution is 2.44. The maximum Gasteiger partial charge on any atom is 0.164 e. The van der Waals surface area contributed by atoms with Crippen molar-refractivity contribution in [1.29, 1.82) is 0 Å². The predicted octanol–water partition coefficient (Wildman–Crippen LogP) is 13.6. The van der Waals surface area contributed by atoms with E-state index in [-0.39, 0.29) is 0 Å². The van der Waals surface area contributed by atoms with Crippen LogP contribution >= 0.6 is 0 Å². The molecule has 0 N–H and O–H groups in total. The van der Waals surface area contributed by atoms with Crippen LogP contribution in [0.5, 0.6) is 0 Å². The Morgan fingerprint density at radius 3 is 1.69 bits per heavy atom. The fraction of sp³-hybridized carbons (Fsp3) is 0. The number of nitrogens with zero attached hydrogens (tertiary/aromatic N) is 3. The van der Waals surface area contributed by atoms with Gasteiger partial charge in [-0.3, -0.25) is 0 Å². The minimum absolute atomic E-state index is 0.583. The van der Waals surface area contributed by atoms with Gasteiger partial charge in [-0.1, -0.05) is 164 Å². The largest absolute Gasteiger partial charge is 0.456 e. The SMILES string of the molecule is c1ccc(-c2nc(-c3ccccc3-c3cc4ccccc4o3)nc(-c3ccc(-c4c5ccccc5cc5c4ccc4ccccc45)c4ccccc34)n2)cc1. The molecule has 0 bridgehead atoms. The van der Waals surface area contributed by atoms with Crippen LogP contribution in [0.25, 0.3) is 111 Å². The third-order valence-electron chi connectivity index (χ3n) is 10.7. The normalized spacial score (nSPS) is 11.6. The van der Waals surface area contributed by atoms with E-state index in [9.17, 15) is 0 Å². The van der Waals surface area contributed by atoms with E-state index in [1.165, 1.54) is 43.4 Å². The molecule has 0 unspecified atom stereocenters. The highest BCUT2D eigenvalue weighted by Gasteiger charge is 2.21. The molecule has 0 atom stereocenters. The molecule has 9 aromatic carbocycles. The predicted molar refractivity (Wildman–Crippen MR) is 227 cm³/mol. The van der Waals surface area contributed by atoms with Crippen LogP contribution in [-0.4, -0.2) is 15.0 Å². The molecular formula is C51H31N3O. The molecular weight excluding hydrogens is 671 g/mol. The first-order valence-electron chi connectivity index (χ1n) is 18.5. The minimum atomic E-state index is 0.583. The average Bonchev–Trinajstić information content (AvgIpc) is 3.70. The summed E-state index contributed by atoms with van der Waals surface area (Å²) < 4.78 is 6.37. The van der Waals surface area contributed by atoms with Gasteiger partial charge in [0.15, 0.2) is 17.5 Å². The summed E-state index contributed by atoms with van der Waals surface area (Å²) in [5, 5.41) is 10.7. The second-order valence-corrected chi connectivity index (χ2v) is 13.9. The lowest BCUT2D eigenvalue weighted by Crippen LogP contribution is -2.01. The highest BCUT2D eigenvalue weighted by molar-refractivity contribution is 6.22. The maximum absolute atomic E-state index is 6.37. The monoisotopic (exact) mass is 701 g/mol. The van der Waals surface area contributed by atoms with Crippen molar-refractivity contribution >= 4 is 54.1 Å². The van der Waals surface area contributed by atoms with Crippen molar-refractivity contribution in [2.24, 2.45) is 0 Å². The van der Waals surface area contributed by atoms with E-state index < -0.39 is 0 Å². The molecule has 2 aromatic heterocycles. The number of para-hydroxylation sites is 1. The molecule has 2 heterocycles. The molecule has 0 aliphatic heterocycles. The van der Waals surface area contributed by atoms with Gasteiger partial charge >= 0.3 is 0 Å². The Bertz CT molecular complexity index is 3240. The summed E-state index contributed by atoms with van der Waals surface area (Å²) in [5.74, 6) is 2.57. The van der Waals surface area contributed by atoms with Gasteiger partial charge in [0.05, 0.1) is 0 Å². The Labute approximate surface area is 317 Å². The first kappa shape index (κ1) is 31.1. The standard InChI is InChI=1S/C51H31N3O/c1-2-15-33(16-3-1)49-52-50(43-24-12-11-23-40(43)47-31-35-18-6-13-25-46(35)55-47)54-51(53-49)44-29-28-41(38-21-9-10-22-39(38)44)48-37-20-8-5-17-34(37)30-45-36-19-7-4-14-32(36)26-27-42(45)48/h1-31H. The van der Waals surface area contributed by atoms with Gasteiger partial charge in [-0.05, 0) is 78.5 Å². The molecule has 256 valence electrons. The van der Waals surface area contributed by atoms with Crippen LogP contribution in [0, 0.1) is 0 Å². The molecule has 0 fully saturated rings. The quantitative estimate of drug-likeness (QED) is 0.132. The van der Waals surface area contributed by atoms with E-state index in [2.05, 4.69) is 127 Å². The van der Waals surface area contributed by atoms with Gasteiger partial charge in [-0.25, -0.2) is 15.0 Å². The summed E-state index contributed by atoms with van der Waals surface area (Å²) in [6.45, 7) is 0. The van der Waals surface area contributed by atoms with Crippen molar-refractivity contribution < 1.29 is 4.42 Å². The topological polar surface area (TPSA) is 51.8 Å². The number of benzene rings is 9. The van der Waals surface area contributed by atoms with Gasteiger partial charge < -0.3 is 4.42 Å². The second-order valence-electron chi connectivity index (χ2n) is 13.9. The molecule has 55 heavy (non-hydrogen) atoms. The molecule has 0 spiro atoms. The zero-order valence-electron chi connectivity index (χ0n) is 29.6. The molecule has 11 rings (SSSR count). The van der Waals surface area contributed by atoms with Crippen molar-refractivity contribution in [3.8, 4) is 56.6 Å². The first-order chi connectivity index (χ1) is 27.3. The lowest BCUT2D eigenvalue weighted by atomic mass is 9.87. The van der Waals surface area contributed by atoms with Crippen LogP contribution in [0.2, 0.25) is 0 Å². The van der Waals surface area contributed by atoms with Crippen LogP contribution in [-0.2, 0) is 0 Å². The Balaban J connectivity index is 1.15. The van der Waals surface area contributed by atoms with Crippen LogP contribution in [0.1, 0.15) is 0 Å². The highest BCUT2D eigenvalue weighted by atomic mass is 16.3. The lowest BCUT2D eigenvalue weighted by Gasteiger charge is -2.17. The third-order valence-corrected chi connectivity index (χ3v) is 10.7. The molecule has 4 heteroatoms. The lowest BCUT2D eigenvalue weighted by molar-refractivity contribution is 0.631. The zero-order valence-corrected chi connectivity index (χ0v) is 29.6. The zero-order chi connectivity index (χ0) is 36.3. The minimum Gasteiger partial charge on any atom is -0.456 e. The van der Waals surface area contributed by atoms with Gasteiger partial charge in [-0.15, -0.1) is 0 Å². The molecule has 0 aliphatic carbocycles. The summed E-state index contributed by atoms with van der Waals surface area (Å²) in [4.78, 5) is 15.6. The molecule has 0 radical (unpaired) electrons. The summed E-state index contributed by atoms with van der Waals surface area (Å²) in [5.41, 5.74) is 6.89. The van der Waals surface area contributed by atoms with E-state index in [1.54, 1.807) is 0 Å². The number of rotatable bonds is 5. The summed E-state index contributed by atoms with van der Waals surface area (Å²) >= 11 is 0. The van der Waals surface area contributed by atoms with Crippen molar-refractivity contribution in [2.75, 3.05) is 0 Å². The smallest absolute Gasteiger partial charge is 0.164 e. The average molecular weight is 702 g/mol. The molecule has 0 aliphatic rings. The number of furan rings is 1. The summed E-state index contributed by atoms with van der Waals surface area (Å²) in [6, 6.07) is 65.8.